The highest BCUT2D eigenvalue weighted by Gasteiger charge is 2.35. The zero-order chi connectivity index (χ0) is 20.3. The fourth-order valence-electron chi connectivity index (χ4n) is 2.68. The van der Waals surface area contributed by atoms with Gasteiger partial charge in [0.2, 0.25) is 0 Å². The molecule has 1 saturated heterocycles. The van der Waals surface area contributed by atoms with Gasteiger partial charge in [-0.1, -0.05) is 35.3 Å². The Morgan fingerprint density at radius 3 is 2.46 bits per heavy atom. The molecule has 0 bridgehead atoms. The van der Waals surface area contributed by atoms with Crippen molar-refractivity contribution in [3.8, 4) is 11.5 Å². The minimum Gasteiger partial charge on any atom is -0.493 e. The molecular formula is C20H17Cl2NO4S. The monoisotopic (exact) mass is 437 g/mol. The van der Waals surface area contributed by atoms with Gasteiger partial charge in [-0.25, -0.2) is 0 Å². The second-order valence-electron chi connectivity index (χ2n) is 5.81. The van der Waals surface area contributed by atoms with Crippen LogP contribution in [0.25, 0.3) is 6.08 Å². The van der Waals surface area contributed by atoms with Gasteiger partial charge in [-0.15, -0.1) is 0 Å². The molecule has 146 valence electrons. The van der Waals surface area contributed by atoms with E-state index in [9.17, 15) is 9.59 Å². The molecule has 0 aromatic heterocycles. The molecule has 0 N–H and O–H groups in total. The SMILES string of the molecule is CCOc1cc(/C=C2/SC(=O)N(Cc3c(Cl)cccc3Cl)C2=O)ccc1OC. The van der Waals surface area contributed by atoms with E-state index in [2.05, 4.69) is 0 Å². The Morgan fingerprint density at radius 2 is 1.82 bits per heavy atom. The Labute approximate surface area is 177 Å². The largest absolute Gasteiger partial charge is 0.493 e. The Bertz CT molecular complexity index is 941. The van der Waals surface area contributed by atoms with Gasteiger partial charge in [0, 0.05) is 15.6 Å². The van der Waals surface area contributed by atoms with Gasteiger partial charge in [0.1, 0.15) is 0 Å². The van der Waals surface area contributed by atoms with E-state index in [0.717, 1.165) is 22.2 Å². The smallest absolute Gasteiger partial charge is 0.293 e. The number of hydrogen-bond donors (Lipinski definition) is 0. The average molecular weight is 438 g/mol. The van der Waals surface area contributed by atoms with Gasteiger partial charge in [0.05, 0.1) is 25.2 Å². The number of carbonyl (C=O) groups is 2. The molecule has 2 amide bonds. The summed E-state index contributed by atoms with van der Waals surface area (Å²) in [7, 11) is 1.56. The predicted molar refractivity (Wildman–Crippen MR) is 112 cm³/mol. The molecule has 3 rings (SSSR count). The lowest BCUT2D eigenvalue weighted by Gasteiger charge is -2.14. The van der Waals surface area contributed by atoms with Crippen molar-refractivity contribution in [1.29, 1.82) is 0 Å². The summed E-state index contributed by atoms with van der Waals surface area (Å²) >= 11 is 13.2. The summed E-state index contributed by atoms with van der Waals surface area (Å²) in [5.74, 6) is 0.779. The van der Waals surface area contributed by atoms with Crippen molar-refractivity contribution in [1.82, 2.24) is 4.90 Å². The van der Waals surface area contributed by atoms with Crippen LogP contribution in [-0.4, -0.2) is 29.8 Å². The van der Waals surface area contributed by atoms with Gasteiger partial charge >= 0.3 is 0 Å². The first-order chi connectivity index (χ1) is 13.4. The zero-order valence-corrected chi connectivity index (χ0v) is 17.5. The van der Waals surface area contributed by atoms with Crippen LogP contribution < -0.4 is 9.47 Å². The first kappa shape index (κ1) is 20.6. The number of amides is 2. The molecule has 0 aliphatic carbocycles. The molecule has 1 heterocycles. The lowest BCUT2D eigenvalue weighted by Crippen LogP contribution is -2.27. The van der Waals surface area contributed by atoms with Gasteiger partial charge in [-0.3, -0.25) is 14.5 Å². The number of methoxy groups -OCH3 is 1. The third kappa shape index (κ3) is 4.29. The Kier molecular flexibility index (Phi) is 6.54. The number of ether oxygens (including phenoxy) is 2. The summed E-state index contributed by atoms with van der Waals surface area (Å²) in [6, 6.07) is 10.4. The Balaban J connectivity index is 1.86. The van der Waals surface area contributed by atoms with Crippen LogP contribution in [0.2, 0.25) is 10.0 Å². The summed E-state index contributed by atoms with van der Waals surface area (Å²) in [5, 5.41) is 0.449. The molecule has 1 aliphatic heterocycles. The predicted octanol–water partition coefficient (Wildman–Crippen LogP) is 5.64. The summed E-state index contributed by atoms with van der Waals surface area (Å²) in [6.45, 7) is 2.37. The van der Waals surface area contributed by atoms with Crippen LogP contribution in [0, 0.1) is 0 Å². The highest BCUT2D eigenvalue weighted by molar-refractivity contribution is 8.18. The van der Waals surface area contributed by atoms with Crippen molar-refractivity contribution in [2.45, 2.75) is 13.5 Å². The van der Waals surface area contributed by atoms with Crippen molar-refractivity contribution in [3.05, 3.63) is 62.5 Å². The molecular weight excluding hydrogens is 421 g/mol. The van der Waals surface area contributed by atoms with Gasteiger partial charge < -0.3 is 9.47 Å². The van der Waals surface area contributed by atoms with E-state index in [1.807, 2.05) is 6.92 Å². The number of nitrogens with zero attached hydrogens (tertiary/aromatic N) is 1. The Hall–Kier alpha value is -2.15. The van der Waals surface area contributed by atoms with Crippen LogP contribution in [-0.2, 0) is 11.3 Å². The summed E-state index contributed by atoms with van der Waals surface area (Å²) in [4.78, 5) is 26.6. The number of carbonyl (C=O) groups excluding carboxylic acids is 2. The van der Waals surface area contributed by atoms with E-state index in [1.165, 1.54) is 0 Å². The fraction of sp³-hybridized carbons (Fsp3) is 0.200. The number of benzene rings is 2. The van der Waals surface area contributed by atoms with Gasteiger partial charge in [-0.05, 0) is 54.6 Å². The summed E-state index contributed by atoms with van der Waals surface area (Å²) in [6.07, 6.45) is 1.65. The lowest BCUT2D eigenvalue weighted by atomic mass is 10.1. The first-order valence-corrected chi connectivity index (χ1v) is 10.0. The molecule has 0 spiro atoms. The third-order valence-corrected chi connectivity index (χ3v) is 5.65. The van der Waals surface area contributed by atoms with E-state index >= 15 is 0 Å². The van der Waals surface area contributed by atoms with E-state index < -0.39 is 0 Å². The molecule has 5 nitrogen and oxygen atoms in total. The third-order valence-electron chi connectivity index (χ3n) is 4.04. The van der Waals surface area contributed by atoms with Crippen molar-refractivity contribution in [2.75, 3.05) is 13.7 Å². The number of thioether (sulfide) groups is 1. The summed E-state index contributed by atoms with van der Waals surface area (Å²) in [5.41, 5.74) is 1.27. The van der Waals surface area contributed by atoms with Crippen LogP contribution >= 0.6 is 35.0 Å². The highest BCUT2D eigenvalue weighted by Crippen LogP contribution is 2.36. The van der Waals surface area contributed by atoms with Crippen LogP contribution in [0.1, 0.15) is 18.1 Å². The minimum atomic E-state index is -0.389. The highest BCUT2D eigenvalue weighted by atomic mass is 35.5. The molecule has 2 aromatic rings. The number of imide groups is 1. The number of hydrogen-bond acceptors (Lipinski definition) is 5. The van der Waals surface area contributed by atoms with Gasteiger partial charge in [0.15, 0.2) is 11.5 Å². The average Bonchev–Trinajstić information content (AvgIpc) is 2.92. The molecule has 0 radical (unpaired) electrons. The topological polar surface area (TPSA) is 55.8 Å². The van der Waals surface area contributed by atoms with Crippen LogP contribution in [0.4, 0.5) is 4.79 Å². The van der Waals surface area contributed by atoms with E-state index in [-0.39, 0.29) is 17.7 Å². The molecule has 28 heavy (non-hydrogen) atoms. The molecule has 8 heteroatoms. The first-order valence-electron chi connectivity index (χ1n) is 8.43. The molecule has 0 saturated carbocycles. The molecule has 2 aromatic carbocycles. The maximum atomic E-state index is 12.8. The van der Waals surface area contributed by atoms with Gasteiger partial charge in [-0.2, -0.15) is 0 Å². The second kappa shape index (κ2) is 8.90. The fourth-order valence-corrected chi connectivity index (χ4v) is 4.04. The number of rotatable bonds is 6. The quantitative estimate of drug-likeness (QED) is 0.547. The van der Waals surface area contributed by atoms with Crippen LogP contribution in [0.5, 0.6) is 11.5 Å². The Morgan fingerprint density at radius 1 is 1.11 bits per heavy atom. The van der Waals surface area contributed by atoms with Gasteiger partial charge in [0.25, 0.3) is 11.1 Å². The maximum absolute atomic E-state index is 12.8. The van der Waals surface area contributed by atoms with E-state index in [0.29, 0.717) is 38.6 Å². The minimum absolute atomic E-state index is 0.0212. The maximum Gasteiger partial charge on any atom is 0.293 e. The van der Waals surface area contributed by atoms with Crippen molar-refractivity contribution in [2.24, 2.45) is 0 Å². The molecule has 0 atom stereocenters. The van der Waals surface area contributed by atoms with Crippen molar-refractivity contribution in [3.63, 3.8) is 0 Å². The van der Waals surface area contributed by atoms with Crippen LogP contribution in [0.15, 0.2) is 41.3 Å². The number of halogens is 2. The van der Waals surface area contributed by atoms with Crippen molar-refractivity contribution >= 4 is 52.2 Å². The summed E-state index contributed by atoms with van der Waals surface area (Å²) < 4.78 is 10.8. The lowest BCUT2D eigenvalue weighted by molar-refractivity contribution is -0.123. The van der Waals surface area contributed by atoms with Crippen LogP contribution in [0.3, 0.4) is 0 Å². The van der Waals surface area contributed by atoms with E-state index in [1.54, 1.807) is 49.6 Å². The normalized spacial score (nSPS) is 15.4. The van der Waals surface area contributed by atoms with Crippen molar-refractivity contribution < 1.29 is 19.1 Å². The second-order valence-corrected chi connectivity index (χ2v) is 7.62. The zero-order valence-electron chi connectivity index (χ0n) is 15.2. The molecule has 1 aliphatic rings. The molecule has 0 unspecified atom stereocenters. The van der Waals surface area contributed by atoms with E-state index in [4.69, 9.17) is 32.7 Å². The molecule has 1 fully saturated rings. The standard InChI is InChI=1S/C20H17Cl2NO4S/c1-3-27-17-9-12(7-8-16(17)26-2)10-18-19(24)23(20(25)28-18)11-13-14(21)5-4-6-15(13)22/h4-10H,3,11H2,1-2H3/b18-10+.